The van der Waals surface area contributed by atoms with Crippen LogP contribution < -0.4 is 0 Å². The summed E-state index contributed by atoms with van der Waals surface area (Å²) in [5, 5.41) is 0.786. The van der Waals surface area contributed by atoms with Gasteiger partial charge in [-0.25, -0.2) is 13.4 Å². The largest absolute Gasteiger partial charge is 0.304 e. The number of aromatic nitrogens is 1. The van der Waals surface area contributed by atoms with Crippen LogP contribution in [0.3, 0.4) is 0 Å². The maximum Gasteiger partial charge on any atom is 0.244 e. The lowest BCUT2D eigenvalue weighted by Gasteiger charge is -2.31. The molecule has 1 aromatic carbocycles. The van der Waals surface area contributed by atoms with Crippen molar-refractivity contribution in [1.82, 2.24) is 14.2 Å². The van der Waals surface area contributed by atoms with Gasteiger partial charge >= 0.3 is 0 Å². The highest BCUT2D eigenvalue weighted by molar-refractivity contribution is 7.99. The van der Waals surface area contributed by atoms with Crippen molar-refractivity contribution in [3.05, 3.63) is 48.7 Å². The highest BCUT2D eigenvalue weighted by Crippen LogP contribution is 2.26. The molecular formula is C16H19N3O2S2. The molecule has 0 unspecified atom stereocenters. The van der Waals surface area contributed by atoms with Gasteiger partial charge in [-0.2, -0.15) is 4.31 Å². The summed E-state index contributed by atoms with van der Waals surface area (Å²) >= 11 is 1.52. The van der Waals surface area contributed by atoms with Crippen LogP contribution in [0, 0.1) is 0 Å². The molecule has 0 bridgehead atoms. The van der Waals surface area contributed by atoms with Crippen molar-refractivity contribution in [2.75, 3.05) is 33.2 Å². The zero-order valence-corrected chi connectivity index (χ0v) is 14.6. The van der Waals surface area contributed by atoms with E-state index >= 15 is 0 Å². The number of likely N-dealkylation sites (N-methyl/N-ethyl adjacent to an activating group) is 1. The molecule has 3 rings (SSSR count). The van der Waals surface area contributed by atoms with Crippen molar-refractivity contribution in [2.45, 2.75) is 14.8 Å². The van der Waals surface area contributed by atoms with Crippen LogP contribution in [0.15, 0.2) is 63.5 Å². The van der Waals surface area contributed by atoms with Crippen molar-refractivity contribution in [1.29, 1.82) is 0 Å². The molecule has 5 nitrogen and oxygen atoms in total. The van der Waals surface area contributed by atoms with E-state index in [9.17, 15) is 8.42 Å². The molecule has 0 saturated carbocycles. The number of piperazine rings is 1. The molecule has 23 heavy (non-hydrogen) atoms. The normalized spacial score (nSPS) is 17.3. The maximum atomic E-state index is 12.6. The number of rotatable bonds is 4. The average molecular weight is 349 g/mol. The van der Waals surface area contributed by atoms with Gasteiger partial charge in [0.2, 0.25) is 10.0 Å². The molecule has 0 amide bonds. The van der Waals surface area contributed by atoms with Crippen LogP contribution in [0.4, 0.5) is 0 Å². The molecule has 122 valence electrons. The Morgan fingerprint density at radius 3 is 2.30 bits per heavy atom. The minimum absolute atomic E-state index is 0.263. The van der Waals surface area contributed by atoms with Gasteiger partial charge in [-0.05, 0) is 31.3 Å². The van der Waals surface area contributed by atoms with Gasteiger partial charge in [0.15, 0.2) is 0 Å². The Hall–Kier alpha value is -1.41. The first-order valence-electron chi connectivity index (χ1n) is 7.43. The standard InChI is InChI=1S/C16H19N3O2S2/c1-18-9-11-19(12-10-18)23(20,21)15-7-8-16(17-13-15)22-14-5-3-2-4-6-14/h2-8,13H,9-12H2,1H3. The molecule has 7 heteroatoms. The molecule has 1 aliphatic heterocycles. The van der Waals surface area contributed by atoms with E-state index in [-0.39, 0.29) is 4.90 Å². The number of pyridine rings is 1. The van der Waals surface area contributed by atoms with Crippen LogP contribution in [-0.2, 0) is 10.0 Å². The highest BCUT2D eigenvalue weighted by atomic mass is 32.2. The SMILES string of the molecule is CN1CCN(S(=O)(=O)c2ccc(Sc3ccccc3)nc2)CC1. The molecule has 0 radical (unpaired) electrons. The van der Waals surface area contributed by atoms with Gasteiger partial charge in [0.25, 0.3) is 0 Å². The monoisotopic (exact) mass is 349 g/mol. The van der Waals surface area contributed by atoms with Crippen molar-refractivity contribution in [2.24, 2.45) is 0 Å². The second-order valence-corrected chi connectivity index (χ2v) is 8.49. The summed E-state index contributed by atoms with van der Waals surface area (Å²) in [7, 11) is -1.44. The van der Waals surface area contributed by atoms with E-state index in [1.807, 2.05) is 37.4 Å². The molecule has 2 heterocycles. The second kappa shape index (κ2) is 7.00. The van der Waals surface area contributed by atoms with Gasteiger partial charge in [-0.15, -0.1) is 0 Å². The number of nitrogens with zero attached hydrogens (tertiary/aromatic N) is 3. The Balaban J connectivity index is 1.73. The van der Waals surface area contributed by atoms with Gasteiger partial charge in [0.05, 0.1) is 0 Å². The van der Waals surface area contributed by atoms with E-state index in [4.69, 9.17) is 0 Å². The lowest BCUT2D eigenvalue weighted by molar-refractivity contribution is 0.222. The van der Waals surface area contributed by atoms with E-state index in [1.165, 1.54) is 22.3 Å². The van der Waals surface area contributed by atoms with Crippen molar-refractivity contribution < 1.29 is 8.42 Å². The van der Waals surface area contributed by atoms with Gasteiger partial charge in [0.1, 0.15) is 9.92 Å². The highest BCUT2D eigenvalue weighted by Gasteiger charge is 2.27. The fourth-order valence-electron chi connectivity index (χ4n) is 2.37. The van der Waals surface area contributed by atoms with Gasteiger partial charge < -0.3 is 4.90 Å². The number of sulfonamides is 1. The van der Waals surface area contributed by atoms with E-state index in [0.29, 0.717) is 13.1 Å². The molecule has 0 spiro atoms. The van der Waals surface area contributed by atoms with E-state index < -0.39 is 10.0 Å². The molecule has 1 aliphatic rings. The lowest BCUT2D eigenvalue weighted by atomic mass is 10.4. The third kappa shape index (κ3) is 3.92. The summed E-state index contributed by atoms with van der Waals surface area (Å²) in [5.74, 6) is 0. The van der Waals surface area contributed by atoms with Crippen LogP contribution in [0.2, 0.25) is 0 Å². The fraction of sp³-hybridized carbons (Fsp3) is 0.312. The molecule has 0 atom stereocenters. The summed E-state index contributed by atoms with van der Waals surface area (Å²) in [6.07, 6.45) is 1.46. The Bertz CT molecular complexity index is 741. The van der Waals surface area contributed by atoms with E-state index in [1.54, 1.807) is 12.1 Å². The van der Waals surface area contributed by atoms with Crippen LogP contribution >= 0.6 is 11.8 Å². The van der Waals surface area contributed by atoms with Crippen molar-refractivity contribution in [3.63, 3.8) is 0 Å². The summed E-state index contributed by atoms with van der Waals surface area (Å²) in [6, 6.07) is 13.3. The van der Waals surface area contributed by atoms with Crippen LogP contribution in [-0.4, -0.2) is 55.8 Å². The third-order valence-electron chi connectivity index (χ3n) is 3.77. The van der Waals surface area contributed by atoms with Crippen LogP contribution in [0.5, 0.6) is 0 Å². The Kier molecular flexibility index (Phi) is 5.01. The number of hydrogen-bond acceptors (Lipinski definition) is 5. The smallest absolute Gasteiger partial charge is 0.244 e. The minimum atomic E-state index is -3.44. The molecule has 2 aromatic rings. The molecule has 1 fully saturated rings. The quantitative estimate of drug-likeness (QED) is 0.847. The van der Waals surface area contributed by atoms with Crippen LogP contribution in [0.25, 0.3) is 0 Å². The van der Waals surface area contributed by atoms with Crippen LogP contribution in [0.1, 0.15) is 0 Å². The van der Waals surface area contributed by atoms with Gasteiger partial charge in [0, 0.05) is 37.3 Å². The summed E-state index contributed by atoms with van der Waals surface area (Å²) in [4.78, 5) is 7.77. The second-order valence-electron chi connectivity index (χ2n) is 5.45. The average Bonchev–Trinajstić information content (AvgIpc) is 2.57. The Morgan fingerprint density at radius 1 is 1.00 bits per heavy atom. The molecule has 1 saturated heterocycles. The van der Waals surface area contributed by atoms with E-state index in [0.717, 1.165) is 23.0 Å². The number of benzene rings is 1. The molecule has 0 N–H and O–H groups in total. The first-order valence-corrected chi connectivity index (χ1v) is 9.69. The van der Waals surface area contributed by atoms with Crippen molar-refractivity contribution >= 4 is 21.8 Å². The molecule has 1 aromatic heterocycles. The Morgan fingerprint density at radius 2 is 1.70 bits per heavy atom. The predicted octanol–water partition coefficient (Wildman–Crippen LogP) is 2.17. The minimum Gasteiger partial charge on any atom is -0.304 e. The Labute approximate surface area is 141 Å². The lowest BCUT2D eigenvalue weighted by Crippen LogP contribution is -2.47. The molecular weight excluding hydrogens is 330 g/mol. The zero-order valence-electron chi connectivity index (χ0n) is 12.9. The maximum absolute atomic E-state index is 12.6. The molecule has 0 aliphatic carbocycles. The summed E-state index contributed by atoms with van der Waals surface area (Å²) < 4.78 is 26.8. The predicted molar refractivity (Wildman–Crippen MR) is 91.1 cm³/mol. The van der Waals surface area contributed by atoms with Gasteiger partial charge in [-0.1, -0.05) is 30.0 Å². The topological polar surface area (TPSA) is 53.5 Å². The van der Waals surface area contributed by atoms with E-state index in [2.05, 4.69) is 9.88 Å². The third-order valence-corrected chi connectivity index (χ3v) is 6.62. The zero-order chi connectivity index (χ0) is 16.3. The number of hydrogen-bond donors (Lipinski definition) is 0. The van der Waals surface area contributed by atoms with Gasteiger partial charge in [-0.3, -0.25) is 0 Å². The van der Waals surface area contributed by atoms with Crippen molar-refractivity contribution in [3.8, 4) is 0 Å². The summed E-state index contributed by atoms with van der Waals surface area (Å²) in [6.45, 7) is 2.57. The summed E-state index contributed by atoms with van der Waals surface area (Å²) in [5.41, 5.74) is 0. The first-order chi connectivity index (χ1) is 11.1. The fourth-order valence-corrected chi connectivity index (χ4v) is 4.51. The first kappa shape index (κ1) is 16.4.